The van der Waals surface area contributed by atoms with Gasteiger partial charge in [0.2, 0.25) is 5.91 Å². The largest absolute Gasteiger partial charge is 0.513 e. The lowest BCUT2D eigenvalue weighted by molar-refractivity contribution is -0.131. The molecule has 1 aliphatic rings. The highest BCUT2D eigenvalue weighted by atomic mass is 16.7. The van der Waals surface area contributed by atoms with E-state index in [4.69, 9.17) is 14.2 Å². The van der Waals surface area contributed by atoms with Gasteiger partial charge in [-0.25, -0.2) is 4.79 Å². The number of carbonyl (C=O) groups is 3. The number of amides is 2. The van der Waals surface area contributed by atoms with Crippen molar-refractivity contribution >= 4 is 18.0 Å². The summed E-state index contributed by atoms with van der Waals surface area (Å²) in [5, 5.41) is 2.96. The van der Waals surface area contributed by atoms with E-state index in [2.05, 4.69) is 5.32 Å². The lowest BCUT2D eigenvalue weighted by Gasteiger charge is -2.32. The number of hydrogen-bond donors (Lipinski definition) is 1. The number of hydrogen-bond acceptors (Lipinski definition) is 6. The Bertz CT molecular complexity index is 952. The van der Waals surface area contributed by atoms with E-state index in [1.807, 2.05) is 29.2 Å². The maximum Gasteiger partial charge on any atom is 0.513 e. The van der Waals surface area contributed by atoms with Gasteiger partial charge in [-0.15, -0.1) is 0 Å². The van der Waals surface area contributed by atoms with Gasteiger partial charge in [0.25, 0.3) is 5.91 Å². The van der Waals surface area contributed by atoms with Crippen molar-refractivity contribution in [3.8, 4) is 11.5 Å². The molecule has 0 aromatic heterocycles. The first-order valence-corrected chi connectivity index (χ1v) is 11.1. The smallest absolute Gasteiger partial charge is 0.497 e. The minimum Gasteiger partial charge on any atom is -0.497 e. The molecule has 2 amide bonds. The normalized spacial score (nSPS) is 13.8. The van der Waals surface area contributed by atoms with Gasteiger partial charge in [-0.2, -0.15) is 0 Å². The fourth-order valence-corrected chi connectivity index (χ4v) is 3.71. The molecule has 3 rings (SSSR count). The van der Waals surface area contributed by atoms with Gasteiger partial charge in [0, 0.05) is 25.2 Å². The van der Waals surface area contributed by atoms with Crippen molar-refractivity contribution in [2.24, 2.45) is 5.92 Å². The zero-order chi connectivity index (χ0) is 23.6. The molecule has 0 atom stereocenters. The third-order valence-electron chi connectivity index (χ3n) is 5.59. The molecule has 0 aliphatic carbocycles. The minimum atomic E-state index is -0.775. The molecule has 0 radical (unpaired) electrons. The van der Waals surface area contributed by atoms with E-state index in [1.165, 1.54) is 0 Å². The van der Waals surface area contributed by atoms with Crippen molar-refractivity contribution in [3.63, 3.8) is 0 Å². The number of nitrogens with one attached hydrogen (secondary N) is 1. The van der Waals surface area contributed by atoms with Gasteiger partial charge in [-0.1, -0.05) is 12.1 Å². The number of benzene rings is 2. The molecule has 2 aromatic carbocycles. The van der Waals surface area contributed by atoms with Crippen LogP contribution in [0.25, 0.3) is 0 Å². The fraction of sp³-hybridized carbons (Fsp3) is 0.400. The lowest BCUT2D eigenvalue weighted by atomic mass is 9.96. The summed E-state index contributed by atoms with van der Waals surface area (Å²) in [7, 11) is 1.61. The predicted molar refractivity (Wildman–Crippen MR) is 122 cm³/mol. The lowest BCUT2D eigenvalue weighted by Crippen LogP contribution is -2.42. The standard InChI is InChI=1S/C25H30N2O6/c1-3-32-25(30)33-21-9-7-20(8-10-21)24(29)26-17-18-11-13-27(14-12-18)23(28)16-19-5-4-6-22(15-19)31-2/h4-10,15,18H,3,11-14,16-17H2,1-2H3,(H,26,29). The highest BCUT2D eigenvalue weighted by Gasteiger charge is 2.23. The van der Waals surface area contributed by atoms with Crippen LogP contribution < -0.4 is 14.8 Å². The number of piperidine rings is 1. The quantitative estimate of drug-likeness (QED) is 0.485. The number of carbonyl (C=O) groups excluding carboxylic acids is 3. The van der Waals surface area contributed by atoms with Crippen molar-refractivity contribution in [2.75, 3.05) is 33.4 Å². The predicted octanol–water partition coefficient (Wildman–Crippen LogP) is 3.44. The summed E-state index contributed by atoms with van der Waals surface area (Å²) in [6.07, 6.45) is 1.27. The van der Waals surface area contributed by atoms with Gasteiger partial charge in [0.15, 0.2) is 0 Å². The Kier molecular flexibility index (Phi) is 8.69. The molecule has 1 saturated heterocycles. The van der Waals surface area contributed by atoms with E-state index in [9.17, 15) is 14.4 Å². The van der Waals surface area contributed by atoms with Gasteiger partial charge in [-0.3, -0.25) is 9.59 Å². The summed E-state index contributed by atoms with van der Waals surface area (Å²) in [4.78, 5) is 38.3. The van der Waals surface area contributed by atoms with Crippen LogP contribution in [0.5, 0.6) is 11.5 Å². The molecule has 1 N–H and O–H groups in total. The van der Waals surface area contributed by atoms with Crippen molar-refractivity contribution in [3.05, 3.63) is 59.7 Å². The third-order valence-corrected chi connectivity index (χ3v) is 5.59. The number of rotatable bonds is 8. The molecule has 8 nitrogen and oxygen atoms in total. The van der Waals surface area contributed by atoms with Crippen LogP contribution in [0.4, 0.5) is 4.79 Å². The van der Waals surface area contributed by atoms with Crippen LogP contribution in [-0.4, -0.2) is 56.2 Å². The average Bonchev–Trinajstić information content (AvgIpc) is 2.83. The van der Waals surface area contributed by atoms with Crippen LogP contribution in [0, 0.1) is 5.92 Å². The summed E-state index contributed by atoms with van der Waals surface area (Å²) in [5.41, 5.74) is 1.42. The van der Waals surface area contributed by atoms with Gasteiger partial charge in [-0.05, 0) is 67.6 Å². The van der Waals surface area contributed by atoms with E-state index in [0.717, 1.165) is 24.2 Å². The molecule has 2 aromatic rings. The average molecular weight is 455 g/mol. The summed E-state index contributed by atoms with van der Waals surface area (Å²) in [5.74, 6) is 1.30. The second-order valence-corrected chi connectivity index (χ2v) is 7.87. The SMILES string of the molecule is CCOC(=O)Oc1ccc(C(=O)NCC2CCN(C(=O)Cc3cccc(OC)c3)CC2)cc1. The fourth-order valence-electron chi connectivity index (χ4n) is 3.71. The molecule has 1 heterocycles. The Morgan fingerprint density at radius 3 is 2.42 bits per heavy atom. The van der Waals surface area contributed by atoms with Crippen molar-refractivity contribution < 1.29 is 28.6 Å². The first-order chi connectivity index (χ1) is 16.0. The van der Waals surface area contributed by atoms with Crippen LogP contribution in [0.2, 0.25) is 0 Å². The number of ether oxygens (including phenoxy) is 3. The molecule has 0 spiro atoms. The third kappa shape index (κ3) is 7.24. The van der Waals surface area contributed by atoms with E-state index >= 15 is 0 Å². The second kappa shape index (κ2) is 11.9. The van der Waals surface area contributed by atoms with Crippen LogP contribution in [-0.2, 0) is 16.0 Å². The van der Waals surface area contributed by atoms with Gasteiger partial charge >= 0.3 is 6.16 Å². The number of nitrogens with zero attached hydrogens (tertiary/aromatic N) is 1. The molecule has 33 heavy (non-hydrogen) atoms. The Labute approximate surface area is 193 Å². The summed E-state index contributed by atoms with van der Waals surface area (Å²) in [6.45, 7) is 3.84. The molecular formula is C25H30N2O6. The highest BCUT2D eigenvalue weighted by molar-refractivity contribution is 5.94. The molecule has 0 unspecified atom stereocenters. The number of methoxy groups -OCH3 is 1. The topological polar surface area (TPSA) is 94.2 Å². The molecular weight excluding hydrogens is 424 g/mol. The molecule has 1 fully saturated rings. The summed E-state index contributed by atoms with van der Waals surface area (Å²) in [6, 6.07) is 13.9. The molecule has 0 saturated carbocycles. The Morgan fingerprint density at radius 1 is 1.03 bits per heavy atom. The maximum atomic E-state index is 12.6. The van der Waals surface area contributed by atoms with Crippen LogP contribution in [0.1, 0.15) is 35.7 Å². The van der Waals surface area contributed by atoms with Crippen LogP contribution in [0.3, 0.4) is 0 Å². The van der Waals surface area contributed by atoms with Crippen molar-refractivity contribution in [1.29, 1.82) is 0 Å². The summed E-state index contributed by atoms with van der Waals surface area (Å²) < 4.78 is 14.9. The van der Waals surface area contributed by atoms with Crippen LogP contribution >= 0.6 is 0 Å². The van der Waals surface area contributed by atoms with E-state index in [1.54, 1.807) is 38.3 Å². The van der Waals surface area contributed by atoms with Crippen molar-refractivity contribution in [2.45, 2.75) is 26.2 Å². The minimum absolute atomic E-state index is 0.107. The zero-order valence-corrected chi connectivity index (χ0v) is 19.0. The highest BCUT2D eigenvalue weighted by Crippen LogP contribution is 2.19. The Morgan fingerprint density at radius 2 is 1.76 bits per heavy atom. The Balaban J connectivity index is 1.40. The maximum absolute atomic E-state index is 12.6. The van der Waals surface area contributed by atoms with E-state index in [-0.39, 0.29) is 18.4 Å². The second-order valence-electron chi connectivity index (χ2n) is 7.87. The van der Waals surface area contributed by atoms with Crippen molar-refractivity contribution in [1.82, 2.24) is 10.2 Å². The summed E-state index contributed by atoms with van der Waals surface area (Å²) >= 11 is 0. The zero-order valence-electron chi connectivity index (χ0n) is 19.0. The van der Waals surface area contributed by atoms with Gasteiger partial charge < -0.3 is 24.4 Å². The first-order valence-electron chi connectivity index (χ1n) is 11.1. The number of likely N-dealkylation sites (tertiary alicyclic amines) is 1. The van der Waals surface area contributed by atoms with Gasteiger partial charge in [0.05, 0.1) is 20.1 Å². The molecule has 176 valence electrons. The van der Waals surface area contributed by atoms with Gasteiger partial charge in [0.1, 0.15) is 11.5 Å². The van der Waals surface area contributed by atoms with E-state index in [0.29, 0.717) is 43.3 Å². The molecule has 8 heteroatoms. The first kappa shape index (κ1) is 24.1. The monoisotopic (exact) mass is 454 g/mol. The van der Waals surface area contributed by atoms with E-state index < -0.39 is 6.16 Å². The molecule has 1 aliphatic heterocycles. The molecule has 0 bridgehead atoms. The van der Waals surface area contributed by atoms with Crippen LogP contribution in [0.15, 0.2) is 48.5 Å². The Hall–Kier alpha value is -3.55.